The number of hydrogen-bond acceptors (Lipinski definition) is 2. The van der Waals surface area contributed by atoms with Crippen molar-refractivity contribution in [2.45, 2.75) is 19.9 Å². The molecule has 2 rings (SSSR count). The van der Waals surface area contributed by atoms with Crippen molar-refractivity contribution in [3.63, 3.8) is 0 Å². The topological polar surface area (TPSA) is 38.9 Å². The molecule has 1 atom stereocenters. The van der Waals surface area contributed by atoms with Gasteiger partial charge in [0.15, 0.2) is 0 Å². The van der Waals surface area contributed by atoms with E-state index in [4.69, 9.17) is 5.73 Å². The van der Waals surface area contributed by atoms with E-state index in [0.29, 0.717) is 5.56 Å². The van der Waals surface area contributed by atoms with Gasteiger partial charge in [-0.2, -0.15) is 0 Å². The number of rotatable bonds is 2. The minimum atomic E-state index is -0.359. The average molecular weight is 230 g/mol. The molecule has 17 heavy (non-hydrogen) atoms. The number of hydrogen-bond donors (Lipinski definition) is 1. The molecule has 0 bridgehead atoms. The van der Waals surface area contributed by atoms with Crippen LogP contribution in [0.3, 0.4) is 0 Å². The van der Waals surface area contributed by atoms with Crippen LogP contribution in [0.2, 0.25) is 0 Å². The Hall–Kier alpha value is -1.74. The summed E-state index contributed by atoms with van der Waals surface area (Å²) in [6.45, 7) is 4.04. The van der Waals surface area contributed by atoms with Crippen LogP contribution in [0.1, 0.15) is 28.3 Å². The molecule has 2 N–H and O–H groups in total. The summed E-state index contributed by atoms with van der Waals surface area (Å²) >= 11 is 0. The van der Waals surface area contributed by atoms with Crippen LogP contribution in [0.5, 0.6) is 0 Å². The molecule has 0 spiro atoms. The minimum absolute atomic E-state index is 0.336. The molecular weight excluding hydrogens is 215 g/mol. The van der Waals surface area contributed by atoms with Gasteiger partial charge in [0, 0.05) is 6.20 Å². The fraction of sp³-hybridized carbons (Fsp3) is 0.214. The maximum Gasteiger partial charge on any atom is 0.141 e. The van der Waals surface area contributed by atoms with Crippen molar-refractivity contribution >= 4 is 0 Å². The third-order valence-corrected chi connectivity index (χ3v) is 2.69. The molecule has 1 aromatic heterocycles. The second-order valence-electron chi connectivity index (χ2n) is 4.34. The van der Waals surface area contributed by atoms with Crippen LogP contribution in [0, 0.1) is 19.7 Å². The van der Waals surface area contributed by atoms with Gasteiger partial charge in [0.25, 0.3) is 0 Å². The molecule has 3 heteroatoms. The summed E-state index contributed by atoms with van der Waals surface area (Å²) < 4.78 is 13.1. The summed E-state index contributed by atoms with van der Waals surface area (Å²) in [6.07, 6.45) is 2.78. The van der Waals surface area contributed by atoms with Crippen molar-refractivity contribution in [3.8, 4) is 0 Å². The highest BCUT2D eigenvalue weighted by Crippen LogP contribution is 2.21. The second kappa shape index (κ2) is 4.63. The van der Waals surface area contributed by atoms with Crippen LogP contribution >= 0.6 is 0 Å². The summed E-state index contributed by atoms with van der Waals surface area (Å²) in [5.41, 5.74) is 10.1. The Morgan fingerprint density at radius 3 is 2.24 bits per heavy atom. The Kier molecular flexibility index (Phi) is 3.20. The van der Waals surface area contributed by atoms with Gasteiger partial charge in [-0.15, -0.1) is 0 Å². The molecule has 1 aromatic carbocycles. The van der Waals surface area contributed by atoms with Gasteiger partial charge in [-0.05, 0) is 31.0 Å². The van der Waals surface area contributed by atoms with Crippen molar-refractivity contribution in [1.82, 2.24) is 4.98 Å². The van der Waals surface area contributed by atoms with Crippen LogP contribution in [0.15, 0.2) is 36.7 Å². The Morgan fingerprint density at radius 2 is 1.65 bits per heavy atom. The van der Waals surface area contributed by atoms with Gasteiger partial charge < -0.3 is 5.73 Å². The van der Waals surface area contributed by atoms with E-state index in [-0.39, 0.29) is 11.9 Å². The largest absolute Gasteiger partial charge is 0.320 e. The van der Waals surface area contributed by atoms with Gasteiger partial charge in [0.05, 0.1) is 12.2 Å². The number of benzene rings is 1. The van der Waals surface area contributed by atoms with Crippen LogP contribution < -0.4 is 5.73 Å². The highest BCUT2D eigenvalue weighted by atomic mass is 19.1. The van der Waals surface area contributed by atoms with Crippen LogP contribution in [-0.2, 0) is 0 Å². The van der Waals surface area contributed by atoms with Crippen molar-refractivity contribution in [2.75, 3.05) is 0 Å². The molecule has 2 aromatic rings. The monoisotopic (exact) mass is 230 g/mol. The van der Waals surface area contributed by atoms with Gasteiger partial charge in [0.1, 0.15) is 5.82 Å². The molecule has 0 aliphatic carbocycles. The number of nitrogens with zero attached hydrogens (tertiary/aromatic N) is 1. The standard InChI is InChI=1S/C14H15FN2/c1-9-3-10(2)5-11(4-9)14(16)12-6-13(15)8-17-7-12/h3-8,14H,16H2,1-2H3. The maximum absolute atomic E-state index is 13.1. The lowest BCUT2D eigenvalue weighted by atomic mass is 9.97. The van der Waals surface area contributed by atoms with E-state index in [9.17, 15) is 4.39 Å². The first-order valence-corrected chi connectivity index (χ1v) is 5.50. The Bertz CT molecular complexity index is 517. The molecule has 1 heterocycles. The van der Waals surface area contributed by atoms with Crippen LogP contribution in [0.4, 0.5) is 4.39 Å². The van der Waals surface area contributed by atoms with Gasteiger partial charge in [0.2, 0.25) is 0 Å². The fourth-order valence-corrected chi connectivity index (χ4v) is 1.98. The molecular formula is C14H15FN2. The zero-order valence-electron chi connectivity index (χ0n) is 9.94. The Morgan fingerprint density at radius 1 is 1.00 bits per heavy atom. The molecule has 0 saturated heterocycles. The summed E-state index contributed by atoms with van der Waals surface area (Å²) in [4.78, 5) is 3.82. The predicted octanol–water partition coefficient (Wildman–Crippen LogP) is 2.89. The van der Waals surface area contributed by atoms with Gasteiger partial charge in [-0.3, -0.25) is 4.98 Å². The maximum atomic E-state index is 13.1. The lowest BCUT2D eigenvalue weighted by molar-refractivity contribution is 0.616. The van der Waals surface area contributed by atoms with Gasteiger partial charge in [-0.25, -0.2) is 4.39 Å². The molecule has 1 unspecified atom stereocenters. The van der Waals surface area contributed by atoms with Crippen LogP contribution in [0.25, 0.3) is 0 Å². The van der Waals surface area contributed by atoms with E-state index in [2.05, 4.69) is 11.1 Å². The van der Waals surface area contributed by atoms with Gasteiger partial charge in [-0.1, -0.05) is 29.3 Å². The normalized spacial score (nSPS) is 12.5. The van der Waals surface area contributed by atoms with Crippen molar-refractivity contribution in [3.05, 3.63) is 64.7 Å². The molecule has 0 aliphatic heterocycles. The van der Waals surface area contributed by atoms with E-state index >= 15 is 0 Å². The number of halogens is 1. The lowest BCUT2D eigenvalue weighted by Crippen LogP contribution is -2.12. The smallest absolute Gasteiger partial charge is 0.141 e. The van der Waals surface area contributed by atoms with Crippen molar-refractivity contribution in [2.24, 2.45) is 5.73 Å². The first kappa shape index (κ1) is 11.7. The number of aryl methyl sites for hydroxylation is 2. The van der Waals surface area contributed by atoms with Crippen molar-refractivity contribution < 1.29 is 4.39 Å². The molecule has 0 saturated carbocycles. The average Bonchev–Trinajstić information content (AvgIpc) is 2.26. The molecule has 0 fully saturated rings. The molecule has 88 valence electrons. The third kappa shape index (κ3) is 2.68. The molecule has 0 amide bonds. The zero-order chi connectivity index (χ0) is 12.4. The predicted molar refractivity (Wildman–Crippen MR) is 66.1 cm³/mol. The number of nitrogens with two attached hydrogens (primary N) is 1. The molecule has 2 nitrogen and oxygen atoms in total. The van der Waals surface area contributed by atoms with E-state index in [1.165, 1.54) is 12.3 Å². The highest BCUT2D eigenvalue weighted by Gasteiger charge is 2.10. The van der Waals surface area contributed by atoms with E-state index in [1.807, 2.05) is 26.0 Å². The summed E-state index contributed by atoms with van der Waals surface area (Å²) in [7, 11) is 0. The first-order chi connectivity index (χ1) is 8.06. The fourth-order valence-electron chi connectivity index (χ4n) is 1.98. The molecule has 0 aliphatic rings. The third-order valence-electron chi connectivity index (χ3n) is 2.69. The summed E-state index contributed by atoms with van der Waals surface area (Å²) in [6, 6.07) is 7.21. The van der Waals surface area contributed by atoms with E-state index in [0.717, 1.165) is 16.7 Å². The second-order valence-corrected chi connectivity index (χ2v) is 4.34. The first-order valence-electron chi connectivity index (χ1n) is 5.50. The lowest BCUT2D eigenvalue weighted by Gasteiger charge is -2.13. The number of aromatic nitrogens is 1. The number of pyridine rings is 1. The summed E-state index contributed by atoms with van der Waals surface area (Å²) in [5, 5.41) is 0. The quantitative estimate of drug-likeness (QED) is 0.861. The Balaban J connectivity index is 2.39. The van der Waals surface area contributed by atoms with Crippen molar-refractivity contribution in [1.29, 1.82) is 0 Å². The minimum Gasteiger partial charge on any atom is -0.320 e. The SMILES string of the molecule is Cc1cc(C)cc(C(N)c2cncc(F)c2)c1. The Labute approximate surface area is 100 Å². The van der Waals surface area contributed by atoms with E-state index < -0.39 is 0 Å². The van der Waals surface area contributed by atoms with Crippen LogP contribution in [-0.4, -0.2) is 4.98 Å². The van der Waals surface area contributed by atoms with E-state index in [1.54, 1.807) is 6.20 Å². The summed E-state index contributed by atoms with van der Waals surface area (Å²) in [5.74, 6) is -0.359. The zero-order valence-corrected chi connectivity index (χ0v) is 9.94. The molecule has 0 radical (unpaired) electrons. The van der Waals surface area contributed by atoms with Gasteiger partial charge >= 0.3 is 0 Å². The highest BCUT2D eigenvalue weighted by molar-refractivity contribution is 5.35.